The molecule has 0 fully saturated rings. The molecule has 1 heterocycles. The number of aryl methyl sites for hydroxylation is 3. The minimum absolute atomic E-state index is 0.0225. The Bertz CT molecular complexity index is 522. The molecule has 0 saturated heterocycles. The standard InChI is InChI=1S/C14H14O2/c1-9-6-11(3)13(7-10(9)2)14(15)12-4-5-16-8-12/h4-8H,1-3H3. The summed E-state index contributed by atoms with van der Waals surface area (Å²) in [5, 5.41) is 0. The zero-order valence-electron chi connectivity index (χ0n) is 9.70. The van der Waals surface area contributed by atoms with E-state index in [9.17, 15) is 4.79 Å². The molecule has 1 aromatic heterocycles. The lowest BCUT2D eigenvalue weighted by atomic mass is 9.96. The summed E-state index contributed by atoms with van der Waals surface area (Å²) < 4.78 is 4.93. The topological polar surface area (TPSA) is 30.2 Å². The van der Waals surface area contributed by atoms with Gasteiger partial charge in [0.1, 0.15) is 6.26 Å². The minimum Gasteiger partial charge on any atom is -0.472 e. The van der Waals surface area contributed by atoms with E-state index in [4.69, 9.17) is 4.42 Å². The molecule has 2 rings (SSSR count). The maximum absolute atomic E-state index is 12.1. The van der Waals surface area contributed by atoms with Crippen LogP contribution in [0.5, 0.6) is 0 Å². The molecule has 0 spiro atoms. The second kappa shape index (κ2) is 3.97. The third-order valence-corrected chi connectivity index (χ3v) is 2.87. The van der Waals surface area contributed by atoms with Gasteiger partial charge >= 0.3 is 0 Å². The molecule has 2 heteroatoms. The van der Waals surface area contributed by atoms with Gasteiger partial charge in [0.15, 0.2) is 5.78 Å². The van der Waals surface area contributed by atoms with E-state index in [1.807, 2.05) is 26.0 Å². The third-order valence-electron chi connectivity index (χ3n) is 2.87. The third kappa shape index (κ3) is 1.78. The van der Waals surface area contributed by atoms with Crippen molar-refractivity contribution in [3.8, 4) is 0 Å². The zero-order valence-corrected chi connectivity index (χ0v) is 9.70. The predicted octanol–water partition coefficient (Wildman–Crippen LogP) is 3.44. The van der Waals surface area contributed by atoms with Crippen molar-refractivity contribution in [2.24, 2.45) is 0 Å². The molecule has 0 bridgehead atoms. The summed E-state index contributed by atoms with van der Waals surface area (Å²) in [5.41, 5.74) is 4.71. The van der Waals surface area contributed by atoms with Crippen molar-refractivity contribution >= 4 is 5.78 Å². The fourth-order valence-corrected chi connectivity index (χ4v) is 1.75. The Balaban J connectivity index is 2.49. The summed E-state index contributed by atoms with van der Waals surface area (Å²) in [6.07, 6.45) is 3.00. The van der Waals surface area contributed by atoms with Crippen LogP contribution in [0, 0.1) is 20.8 Å². The fourth-order valence-electron chi connectivity index (χ4n) is 1.75. The molecule has 2 nitrogen and oxygen atoms in total. The van der Waals surface area contributed by atoms with Crippen LogP contribution in [0.3, 0.4) is 0 Å². The van der Waals surface area contributed by atoms with Crippen molar-refractivity contribution in [3.63, 3.8) is 0 Å². The molecule has 0 aliphatic heterocycles. The number of benzene rings is 1. The Morgan fingerprint density at radius 2 is 1.75 bits per heavy atom. The van der Waals surface area contributed by atoms with Crippen LogP contribution in [-0.2, 0) is 0 Å². The average molecular weight is 214 g/mol. The lowest BCUT2D eigenvalue weighted by molar-refractivity contribution is 0.103. The maximum atomic E-state index is 12.1. The Morgan fingerprint density at radius 3 is 2.38 bits per heavy atom. The van der Waals surface area contributed by atoms with Crippen molar-refractivity contribution in [2.45, 2.75) is 20.8 Å². The smallest absolute Gasteiger partial charge is 0.196 e. The lowest BCUT2D eigenvalue weighted by Crippen LogP contribution is -2.03. The van der Waals surface area contributed by atoms with E-state index in [1.54, 1.807) is 6.07 Å². The normalized spacial score (nSPS) is 10.4. The van der Waals surface area contributed by atoms with Crippen LogP contribution < -0.4 is 0 Å². The number of hydrogen-bond donors (Lipinski definition) is 0. The largest absolute Gasteiger partial charge is 0.472 e. The Hall–Kier alpha value is -1.83. The van der Waals surface area contributed by atoms with Crippen molar-refractivity contribution < 1.29 is 9.21 Å². The predicted molar refractivity (Wildman–Crippen MR) is 62.8 cm³/mol. The number of carbonyl (C=O) groups is 1. The van der Waals surface area contributed by atoms with Crippen molar-refractivity contribution in [2.75, 3.05) is 0 Å². The summed E-state index contributed by atoms with van der Waals surface area (Å²) in [6.45, 7) is 6.02. The van der Waals surface area contributed by atoms with Gasteiger partial charge in [0.05, 0.1) is 11.8 Å². The monoisotopic (exact) mass is 214 g/mol. The molecule has 0 aliphatic rings. The highest BCUT2D eigenvalue weighted by Gasteiger charge is 2.13. The molecule has 0 aliphatic carbocycles. The number of hydrogen-bond acceptors (Lipinski definition) is 2. The van der Waals surface area contributed by atoms with Crippen LogP contribution in [-0.4, -0.2) is 5.78 Å². The van der Waals surface area contributed by atoms with Gasteiger partial charge in [-0.1, -0.05) is 6.07 Å². The van der Waals surface area contributed by atoms with E-state index in [0.717, 1.165) is 16.7 Å². The second-order valence-electron chi connectivity index (χ2n) is 4.09. The van der Waals surface area contributed by atoms with Crippen molar-refractivity contribution in [1.29, 1.82) is 0 Å². The molecule has 1 aromatic carbocycles. The highest BCUT2D eigenvalue weighted by Crippen LogP contribution is 2.19. The number of carbonyl (C=O) groups excluding carboxylic acids is 1. The van der Waals surface area contributed by atoms with E-state index >= 15 is 0 Å². The zero-order chi connectivity index (χ0) is 11.7. The van der Waals surface area contributed by atoms with E-state index in [1.165, 1.54) is 18.1 Å². The quantitative estimate of drug-likeness (QED) is 0.717. The Kier molecular flexibility index (Phi) is 2.65. The Morgan fingerprint density at radius 1 is 1.06 bits per heavy atom. The van der Waals surface area contributed by atoms with Gasteiger partial charge in [-0.3, -0.25) is 4.79 Å². The average Bonchev–Trinajstić information content (AvgIpc) is 2.75. The number of ketones is 1. The van der Waals surface area contributed by atoms with Crippen LogP contribution in [0.25, 0.3) is 0 Å². The van der Waals surface area contributed by atoms with Gasteiger partial charge in [-0.2, -0.15) is 0 Å². The summed E-state index contributed by atoms with van der Waals surface area (Å²) >= 11 is 0. The molecule has 82 valence electrons. The van der Waals surface area contributed by atoms with E-state index in [2.05, 4.69) is 6.92 Å². The molecule has 0 unspecified atom stereocenters. The molecular weight excluding hydrogens is 200 g/mol. The van der Waals surface area contributed by atoms with Crippen LogP contribution in [0.1, 0.15) is 32.6 Å². The molecular formula is C14H14O2. The number of rotatable bonds is 2. The summed E-state index contributed by atoms with van der Waals surface area (Å²) in [7, 11) is 0. The highest BCUT2D eigenvalue weighted by atomic mass is 16.3. The summed E-state index contributed by atoms with van der Waals surface area (Å²) in [6, 6.07) is 5.68. The van der Waals surface area contributed by atoms with Gasteiger partial charge in [0.25, 0.3) is 0 Å². The van der Waals surface area contributed by atoms with Gasteiger partial charge in [0.2, 0.25) is 0 Å². The SMILES string of the molecule is Cc1cc(C)c(C(=O)c2ccoc2)cc1C. The van der Waals surface area contributed by atoms with Crippen LogP contribution in [0.15, 0.2) is 35.1 Å². The first-order valence-electron chi connectivity index (χ1n) is 5.24. The molecule has 16 heavy (non-hydrogen) atoms. The van der Waals surface area contributed by atoms with Gasteiger partial charge < -0.3 is 4.42 Å². The lowest BCUT2D eigenvalue weighted by Gasteiger charge is -2.07. The summed E-state index contributed by atoms with van der Waals surface area (Å²) in [5.74, 6) is 0.0225. The van der Waals surface area contributed by atoms with Gasteiger partial charge in [0, 0.05) is 5.56 Å². The molecule has 0 N–H and O–H groups in total. The molecule has 2 aromatic rings. The van der Waals surface area contributed by atoms with E-state index < -0.39 is 0 Å². The van der Waals surface area contributed by atoms with E-state index in [-0.39, 0.29) is 5.78 Å². The van der Waals surface area contributed by atoms with Gasteiger partial charge in [-0.25, -0.2) is 0 Å². The van der Waals surface area contributed by atoms with Gasteiger partial charge in [-0.15, -0.1) is 0 Å². The molecule has 0 radical (unpaired) electrons. The van der Waals surface area contributed by atoms with Crippen molar-refractivity contribution in [3.05, 3.63) is 58.5 Å². The highest BCUT2D eigenvalue weighted by molar-refractivity contribution is 6.09. The molecule has 0 amide bonds. The molecule has 0 saturated carbocycles. The first kappa shape index (κ1) is 10.7. The van der Waals surface area contributed by atoms with Crippen LogP contribution >= 0.6 is 0 Å². The van der Waals surface area contributed by atoms with Crippen LogP contribution in [0.2, 0.25) is 0 Å². The van der Waals surface area contributed by atoms with Crippen LogP contribution in [0.4, 0.5) is 0 Å². The van der Waals surface area contributed by atoms with E-state index in [0.29, 0.717) is 5.56 Å². The molecule has 0 atom stereocenters. The first-order chi connectivity index (χ1) is 7.59. The minimum atomic E-state index is 0.0225. The summed E-state index contributed by atoms with van der Waals surface area (Å²) in [4.78, 5) is 12.1. The van der Waals surface area contributed by atoms with Gasteiger partial charge in [-0.05, 0) is 49.6 Å². The number of furan rings is 1. The van der Waals surface area contributed by atoms with Crippen molar-refractivity contribution in [1.82, 2.24) is 0 Å². The fraction of sp³-hybridized carbons (Fsp3) is 0.214. The maximum Gasteiger partial charge on any atom is 0.196 e. The second-order valence-corrected chi connectivity index (χ2v) is 4.09. The Labute approximate surface area is 94.9 Å². The first-order valence-corrected chi connectivity index (χ1v) is 5.24.